The van der Waals surface area contributed by atoms with Crippen LogP contribution in [0.5, 0.6) is 17.2 Å². The largest absolute Gasteiger partial charge is 0.492 e. The second-order valence-electron chi connectivity index (χ2n) is 6.98. The number of ether oxygens (including phenoxy) is 3. The number of benzene rings is 1. The van der Waals surface area contributed by atoms with Gasteiger partial charge in [-0.05, 0) is 49.4 Å². The van der Waals surface area contributed by atoms with E-state index in [0.29, 0.717) is 19.2 Å². The van der Waals surface area contributed by atoms with Crippen LogP contribution in [0.15, 0.2) is 40.7 Å². The van der Waals surface area contributed by atoms with Gasteiger partial charge in [0.1, 0.15) is 12.4 Å². The molecule has 0 spiro atoms. The van der Waals surface area contributed by atoms with E-state index in [1.165, 1.54) is 5.00 Å². The van der Waals surface area contributed by atoms with Crippen LogP contribution in [0.25, 0.3) is 0 Å². The summed E-state index contributed by atoms with van der Waals surface area (Å²) in [4.78, 5) is 7.13. The van der Waals surface area contributed by atoms with Gasteiger partial charge in [0.25, 0.3) is 0 Å². The third-order valence-electron chi connectivity index (χ3n) is 4.97. The van der Waals surface area contributed by atoms with Crippen LogP contribution in [0.4, 0.5) is 5.00 Å². The maximum Gasteiger partial charge on any atom is 0.231 e. The Kier molecular flexibility index (Phi) is 8.74. The van der Waals surface area contributed by atoms with Gasteiger partial charge in [-0.15, -0.1) is 35.3 Å². The number of guanidine groups is 1. The molecule has 0 amide bonds. The first-order chi connectivity index (χ1) is 14.3. The van der Waals surface area contributed by atoms with Crippen molar-refractivity contribution in [3.8, 4) is 17.2 Å². The molecule has 0 unspecified atom stereocenters. The molecule has 1 saturated heterocycles. The molecule has 2 N–H and O–H groups in total. The molecule has 30 heavy (non-hydrogen) atoms. The van der Waals surface area contributed by atoms with Crippen LogP contribution in [-0.4, -0.2) is 51.6 Å². The number of hydrogen-bond acceptors (Lipinski definition) is 6. The van der Waals surface area contributed by atoms with Crippen LogP contribution < -0.4 is 29.7 Å². The first-order valence-electron chi connectivity index (χ1n) is 10.2. The van der Waals surface area contributed by atoms with E-state index in [-0.39, 0.29) is 30.8 Å². The van der Waals surface area contributed by atoms with E-state index < -0.39 is 0 Å². The lowest BCUT2D eigenvalue weighted by Gasteiger charge is -2.33. The fourth-order valence-corrected chi connectivity index (χ4v) is 4.28. The average Bonchev–Trinajstić information content (AvgIpc) is 3.43. The van der Waals surface area contributed by atoms with Gasteiger partial charge in [-0.25, -0.2) is 4.99 Å². The molecule has 0 radical (unpaired) electrons. The third-order valence-corrected chi connectivity index (χ3v) is 5.90. The zero-order chi connectivity index (χ0) is 19.9. The molecule has 3 heterocycles. The standard InChI is InChI=1S/C21H28N4O3S.HI/c1-2-22-21(24-16-7-10-25(11-8-16)20-4-3-13-29-20)23-9-12-26-17-5-6-18-19(14-17)28-15-27-18;/h3-6,13-14,16H,2,7-12,15H2,1H3,(H2,22,23,24);1H. The van der Waals surface area contributed by atoms with Crippen LogP contribution in [0.3, 0.4) is 0 Å². The van der Waals surface area contributed by atoms with Gasteiger partial charge in [0.2, 0.25) is 6.79 Å². The molecule has 9 heteroatoms. The van der Waals surface area contributed by atoms with Crippen molar-refractivity contribution in [2.24, 2.45) is 4.99 Å². The van der Waals surface area contributed by atoms with Crippen LogP contribution in [0.2, 0.25) is 0 Å². The minimum Gasteiger partial charge on any atom is -0.492 e. The molecule has 2 aliphatic heterocycles. The summed E-state index contributed by atoms with van der Waals surface area (Å²) in [6.07, 6.45) is 2.21. The Bertz CT molecular complexity index is 811. The quantitative estimate of drug-likeness (QED) is 0.240. The van der Waals surface area contributed by atoms with E-state index in [4.69, 9.17) is 14.2 Å². The van der Waals surface area contributed by atoms with Crippen LogP contribution in [0.1, 0.15) is 19.8 Å². The Morgan fingerprint density at radius 1 is 1.23 bits per heavy atom. The van der Waals surface area contributed by atoms with Crippen LogP contribution >= 0.6 is 35.3 Å². The Hall–Kier alpha value is -1.88. The molecule has 2 aliphatic rings. The predicted molar refractivity (Wildman–Crippen MR) is 132 cm³/mol. The highest BCUT2D eigenvalue weighted by Crippen LogP contribution is 2.35. The fourth-order valence-electron chi connectivity index (χ4n) is 3.49. The average molecular weight is 544 g/mol. The van der Waals surface area contributed by atoms with E-state index in [1.54, 1.807) is 0 Å². The van der Waals surface area contributed by atoms with Crippen molar-refractivity contribution in [1.82, 2.24) is 10.6 Å². The molecule has 0 aliphatic carbocycles. The zero-order valence-electron chi connectivity index (χ0n) is 17.1. The number of piperidine rings is 1. The highest BCUT2D eigenvalue weighted by molar-refractivity contribution is 14.0. The van der Waals surface area contributed by atoms with Crippen LogP contribution in [0, 0.1) is 0 Å². The minimum absolute atomic E-state index is 0. The van der Waals surface area contributed by atoms with Crippen molar-refractivity contribution in [3.63, 3.8) is 0 Å². The van der Waals surface area contributed by atoms with Gasteiger partial charge < -0.3 is 29.7 Å². The summed E-state index contributed by atoms with van der Waals surface area (Å²) in [6, 6.07) is 10.4. The molecule has 4 rings (SSSR count). The Morgan fingerprint density at radius 2 is 2.07 bits per heavy atom. The van der Waals surface area contributed by atoms with Crippen molar-refractivity contribution >= 4 is 46.3 Å². The van der Waals surface area contributed by atoms with Gasteiger partial charge >= 0.3 is 0 Å². The van der Waals surface area contributed by atoms with E-state index in [0.717, 1.165) is 55.7 Å². The normalized spacial score (nSPS) is 16.2. The smallest absolute Gasteiger partial charge is 0.231 e. The number of fused-ring (bicyclic) bond motifs is 1. The highest BCUT2D eigenvalue weighted by atomic mass is 127. The molecule has 0 bridgehead atoms. The lowest BCUT2D eigenvalue weighted by Crippen LogP contribution is -2.48. The molecule has 7 nitrogen and oxygen atoms in total. The third kappa shape index (κ3) is 6.07. The number of anilines is 1. The Labute approximate surface area is 198 Å². The topological polar surface area (TPSA) is 67.4 Å². The Morgan fingerprint density at radius 3 is 2.83 bits per heavy atom. The fraction of sp³-hybridized carbons (Fsp3) is 0.476. The van der Waals surface area contributed by atoms with Crippen molar-refractivity contribution in [1.29, 1.82) is 0 Å². The molecular weight excluding hydrogens is 515 g/mol. The maximum atomic E-state index is 5.80. The monoisotopic (exact) mass is 544 g/mol. The summed E-state index contributed by atoms with van der Waals surface area (Å²) in [5, 5.41) is 10.4. The van der Waals surface area contributed by atoms with Gasteiger partial charge in [0, 0.05) is 31.7 Å². The summed E-state index contributed by atoms with van der Waals surface area (Å²) in [6.45, 7) is 6.43. The summed E-state index contributed by atoms with van der Waals surface area (Å²) >= 11 is 1.81. The van der Waals surface area contributed by atoms with Gasteiger partial charge in [-0.2, -0.15) is 0 Å². The number of halogens is 1. The number of nitrogens with one attached hydrogen (secondary N) is 2. The number of hydrogen-bond donors (Lipinski definition) is 2. The molecule has 0 saturated carbocycles. The first kappa shape index (κ1) is 22.8. The maximum absolute atomic E-state index is 5.80. The second-order valence-corrected chi connectivity index (χ2v) is 7.91. The molecule has 0 atom stereocenters. The summed E-state index contributed by atoms with van der Waals surface area (Å²) in [7, 11) is 0. The Balaban J connectivity index is 0.00000256. The van der Waals surface area contributed by atoms with Gasteiger partial charge in [0.05, 0.1) is 11.5 Å². The number of nitrogens with zero attached hydrogens (tertiary/aromatic N) is 2. The number of rotatable bonds is 7. The van der Waals surface area contributed by atoms with E-state index in [1.807, 2.05) is 29.5 Å². The predicted octanol–water partition coefficient (Wildman–Crippen LogP) is 3.70. The van der Waals surface area contributed by atoms with Gasteiger partial charge in [-0.3, -0.25) is 0 Å². The van der Waals surface area contributed by atoms with E-state index in [9.17, 15) is 0 Å². The summed E-state index contributed by atoms with van der Waals surface area (Å²) in [5.74, 6) is 3.12. The molecule has 164 valence electrons. The molecule has 1 aromatic heterocycles. The lowest BCUT2D eigenvalue weighted by atomic mass is 10.1. The van der Waals surface area contributed by atoms with Crippen molar-refractivity contribution in [2.45, 2.75) is 25.8 Å². The summed E-state index contributed by atoms with van der Waals surface area (Å²) in [5.41, 5.74) is 0. The first-order valence-corrected chi connectivity index (χ1v) is 11.1. The molecular formula is C21H29IN4O3S. The van der Waals surface area contributed by atoms with Crippen molar-refractivity contribution < 1.29 is 14.2 Å². The highest BCUT2D eigenvalue weighted by Gasteiger charge is 2.20. The zero-order valence-corrected chi connectivity index (χ0v) is 20.3. The van der Waals surface area contributed by atoms with Crippen molar-refractivity contribution in [3.05, 3.63) is 35.7 Å². The van der Waals surface area contributed by atoms with Crippen LogP contribution in [-0.2, 0) is 0 Å². The molecule has 2 aromatic rings. The summed E-state index contributed by atoms with van der Waals surface area (Å²) < 4.78 is 16.5. The minimum atomic E-state index is 0. The molecule has 1 aromatic carbocycles. The van der Waals surface area contributed by atoms with E-state index in [2.05, 4.69) is 45.0 Å². The SMILES string of the molecule is CCNC(=NCCOc1ccc2c(c1)OCO2)NC1CCN(c2cccs2)CC1.I. The van der Waals surface area contributed by atoms with Gasteiger partial charge in [-0.1, -0.05) is 0 Å². The van der Waals surface area contributed by atoms with Gasteiger partial charge in [0.15, 0.2) is 17.5 Å². The lowest BCUT2D eigenvalue weighted by molar-refractivity contribution is 0.173. The molecule has 1 fully saturated rings. The van der Waals surface area contributed by atoms with E-state index >= 15 is 0 Å². The number of aliphatic imine (C=N–C) groups is 1. The number of thiophene rings is 1. The van der Waals surface area contributed by atoms with Crippen molar-refractivity contribution in [2.75, 3.05) is 44.5 Å². The second kappa shape index (κ2) is 11.5.